The number of aromatic carboxylic acids is 1. The number of benzene rings is 2. The molecule has 0 radical (unpaired) electrons. The van der Waals surface area contributed by atoms with Gasteiger partial charge in [0.05, 0.1) is 22.1 Å². The van der Waals surface area contributed by atoms with Crippen molar-refractivity contribution in [2.75, 3.05) is 0 Å². The summed E-state index contributed by atoms with van der Waals surface area (Å²) in [5.41, 5.74) is 1.65. The number of thiophene rings is 1. The van der Waals surface area contributed by atoms with Crippen LogP contribution in [0.5, 0.6) is 0 Å². The van der Waals surface area contributed by atoms with E-state index in [1.165, 1.54) is 11.3 Å². The molecule has 0 spiro atoms. The molecule has 0 atom stereocenters. The van der Waals surface area contributed by atoms with Crippen LogP contribution >= 0.6 is 11.3 Å². The number of carboxylic acids is 1. The predicted octanol–water partition coefficient (Wildman–Crippen LogP) is 3.75. The summed E-state index contributed by atoms with van der Waals surface area (Å²) in [7, 11) is 0. The van der Waals surface area contributed by atoms with Gasteiger partial charge in [-0.1, -0.05) is 42.0 Å². The monoisotopic (exact) mass is 431 g/mol. The van der Waals surface area contributed by atoms with E-state index in [9.17, 15) is 19.5 Å². The van der Waals surface area contributed by atoms with E-state index in [4.69, 9.17) is 0 Å². The first kappa shape index (κ1) is 19.1. The Kier molecular flexibility index (Phi) is 4.37. The molecule has 0 aliphatic rings. The van der Waals surface area contributed by atoms with E-state index in [2.05, 4.69) is 4.98 Å². The van der Waals surface area contributed by atoms with Crippen molar-refractivity contribution in [1.29, 1.82) is 0 Å². The maximum atomic E-state index is 13.2. The zero-order valence-corrected chi connectivity index (χ0v) is 17.3. The van der Waals surface area contributed by atoms with Crippen LogP contribution in [0.3, 0.4) is 0 Å². The van der Waals surface area contributed by atoms with Crippen molar-refractivity contribution >= 4 is 39.1 Å². The molecule has 7 nitrogen and oxygen atoms in total. The highest BCUT2D eigenvalue weighted by Crippen LogP contribution is 2.30. The van der Waals surface area contributed by atoms with E-state index in [1.807, 2.05) is 55.5 Å². The molecule has 154 valence electrons. The molecule has 3 aromatic heterocycles. The molecule has 31 heavy (non-hydrogen) atoms. The number of fused-ring (bicyclic) bond motifs is 2. The smallest absolute Gasteiger partial charge is 0.354 e. The summed E-state index contributed by atoms with van der Waals surface area (Å²) in [4.78, 5) is 41.3. The quantitative estimate of drug-likeness (QED) is 0.453. The minimum atomic E-state index is -1.21. The minimum Gasteiger partial charge on any atom is -0.477 e. The first-order valence-electron chi connectivity index (χ1n) is 9.57. The molecular formula is C23H17N3O4S. The SMILES string of the molecule is Cc1ccc2c(c1)c(-n1c(=O)[nH]c3cscc3c1=O)c(C(=O)O)n2Cc1ccccc1. The van der Waals surface area contributed by atoms with E-state index in [1.54, 1.807) is 15.3 Å². The summed E-state index contributed by atoms with van der Waals surface area (Å²) in [6.45, 7) is 2.17. The van der Waals surface area contributed by atoms with Crippen molar-refractivity contribution in [3.05, 3.63) is 96.9 Å². The molecular weight excluding hydrogens is 414 g/mol. The van der Waals surface area contributed by atoms with Crippen molar-refractivity contribution in [1.82, 2.24) is 14.1 Å². The number of aromatic amines is 1. The molecule has 0 unspecified atom stereocenters. The van der Waals surface area contributed by atoms with Gasteiger partial charge < -0.3 is 14.7 Å². The fourth-order valence-corrected chi connectivity index (χ4v) is 4.72. The second-order valence-corrected chi connectivity index (χ2v) is 8.11. The number of H-pyrrole nitrogens is 1. The molecule has 0 saturated carbocycles. The number of carbonyl (C=O) groups is 1. The van der Waals surface area contributed by atoms with Gasteiger partial charge in [-0.25, -0.2) is 14.2 Å². The summed E-state index contributed by atoms with van der Waals surface area (Å²) < 4.78 is 2.59. The van der Waals surface area contributed by atoms with Crippen LogP contribution in [0.4, 0.5) is 0 Å². The van der Waals surface area contributed by atoms with Crippen LogP contribution in [0.1, 0.15) is 21.6 Å². The van der Waals surface area contributed by atoms with Crippen LogP contribution in [-0.2, 0) is 6.54 Å². The van der Waals surface area contributed by atoms with Gasteiger partial charge in [-0.15, -0.1) is 11.3 Å². The van der Waals surface area contributed by atoms with Crippen LogP contribution in [0, 0.1) is 6.92 Å². The van der Waals surface area contributed by atoms with Gasteiger partial charge in [0.15, 0.2) is 5.69 Å². The predicted molar refractivity (Wildman–Crippen MR) is 121 cm³/mol. The van der Waals surface area contributed by atoms with Crippen LogP contribution in [0.2, 0.25) is 0 Å². The topological polar surface area (TPSA) is 97.1 Å². The van der Waals surface area contributed by atoms with Crippen molar-refractivity contribution in [2.24, 2.45) is 0 Å². The van der Waals surface area contributed by atoms with Crippen LogP contribution in [0.15, 0.2) is 68.9 Å². The van der Waals surface area contributed by atoms with Crippen molar-refractivity contribution in [2.45, 2.75) is 13.5 Å². The van der Waals surface area contributed by atoms with Gasteiger partial charge in [-0.2, -0.15) is 0 Å². The van der Waals surface area contributed by atoms with Crippen molar-refractivity contribution < 1.29 is 9.90 Å². The first-order chi connectivity index (χ1) is 15.0. The highest BCUT2D eigenvalue weighted by atomic mass is 32.1. The molecule has 0 bridgehead atoms. The standard InChI is InChI=1S/C23H17N3O4S/c1-13-7-8-18-15(9-13)19(26-21(27)16-11-31-12-17(16)24-23(26)30)20(22(28)29)25(18)10-14-5-3-2-4-6-14/h2-9,11-12H,10H2,1H3,(H,24,30)(H,28,29). The van der Waals surface area contributed by atoms with Crippen LogP contribution in [0.25, 0.3) is 27.5 Å². The van der Waals surface area contributed by atoms with Gasteiger partial charge in [0.1, 0.15) is 0 Å². The molecule has 5 aromatic rings. The molecule has 8 heteroatoms. The van der Waals surface area contributed by atoms with E-state index in [0.717, 1.165) is 15.7 Å². The Balaban J connectivity index is 1.93. The van der Waals surface area contributed by atoms with Gasteiger partial charge in [-0.05, 0) is 24.6 Å². The number of hydrogen-bond donors (Lipinski definition) is 2. The molecule has 2 aromatic carbocycles. The average Bonchev–Trinajstić information content (AvgIpc) is 3.32. The highest BCUT2D eigenvalue weighted by Gasteiger charge is 2.26. The number of aromatic nitrogens is 3. The Morgan fingerprint density at radius 2 is 1.84 bits per heavy atom. The fraction of sp³-hybridized carbons (Fsp3) is 0.0870. The molecule has 5 rings (SSSR count). The summed E-state index contributed by atoms with van der Waals surface area (Å²) in [6.07, 6.45) is 0. The largest absolute Gasteiger partial charge is 0.477 e. The highest BCUT2D eigenvalue weighted by molar-refractivity contribution is 7.09. The second-order valence-electron chi connectivity index (χ2n) is 7.36. The third-order valence-electron chi connectivity index (χ3n) is 5.34. The zero-order chi connectivity index (χ0) is 21.7. The lowest BCUT2D eigenvalue weighted by molar-refractivity contribution is 0.0686. The summed E-state index contributed by atoms with van der Waals surface area (Å²) in [6, 6.07) is 15.0. The third-order valence-corrected chi connectivity index (χ3v) is 6.09. The normalized spacial score (nSPS) is 11.4. The van der Waals surface area contributed by atoms with Crippen LogP contribution in [-0.4, -0.2) is 25.2 Å². The van der Waals surface area contributed by atoms with Crippen LogP contribution < -0.4 is 11.2 Å². The van der Waals surface area contributed by atoms with Crippen molar-refractivity contribution in [3.63, 3.8) is 0 Å². The molecule has 2 N–H and O–H groups in total. The lowest BCUT2D eigenvalue weighted by Crippen LogP contribution is -2.34. The summed E-state index contributed by atoms with van der Waals surface area (Å²) >= 11 is 1.30. The number of rotatable bonds is 4. The molecule has 0 aliphatic carbocycles. The lowest BCUT2D eigenvalue weighted by atomic mass is 10.1. The number of nitrogens with zero attached hydrogens (tertiary/aromatic N) is 2. The van der Waals surface area contributed by atoms with E-state index >= 15 is 0 Å². The molecule has 0 saturated heterocycles. The van der Waals surface area contributed by atoms with Gasteiger partial charge in [0, 0.05) is 22.7 Å². The van der Waals surface area contributed by atoms with E-state index < -0.39 is 17.2 Å². The maximum absolute atomic E-state index is 13.2. The van der Waals surface area contributed by atoms with E-state index in [0.29, 0.717) is 21.8 Å². The summed E-state index contributed by atoms with van der Waals surface area (Å²) in [5, 5.41) is 14.4. The average molecular weight is 431 g/mol. The van der Waals surface area contributed by atoms with Gasteiger partial charge in [0.25, 0.3) is 5.56 Å². The Morgan fingerprint density at radius 1 is 1.06 bits per heavy atom. The lowest BCUT2D eigenvalue weighted by Gasteiger charge is -2.10. The third kappa shape index (κ3) is 3.00. The fourth-order valence-electron chi connectivity index (χ4n) is 3.97. The second kappa shape index (κ2) is 7.10. The Bertz CT molecular complexity index is 1590. The number of aryl methyl sites for hydroxylation is 1. The number of nitrogens with one attached hydrogen (secondary N) is 1. The Hall–Kier alpha value is -3.91. The first-order valence-corrected chi connectivity index (χ1v) is 10.5. The molecule has 0 amide bonds. The summed E-state index contributed by atoms with van der Waals surface area (Å²) in [5.74, 6) is -1.21. The Labute approximate surface area is 179 Å². The molecule has 0 fully saturated rings. The molecule has 0 aliphatic heterocycles. The maximum Gasteiger partial charge on any atom is 0.354 e. The Morgan fingerprint density at radius 3 is 2.58 bits per heavy atom. The van der Waals surface area contributed by atoms with Gasteiger partial charge >= 0.3 is 11.7 Å². The van der Waals surface area contributed by atoms with Gasteiger partial charge in [0.2, 0.25) is 0 Å². The van der Waals surface area contributed by atoms with Gasteiger partial charge in [-0.3, -0.25) is 4.79 Å². The number of carboxylic acid groups (broad SMARTS) is 1. The zero-order valence-electron chi connectivity index (χ0n) is 16.5. The van der Waals surface area contributed by atoms with Crippen molar-refractivity contribution in [3.8, 4) is 5.69 Å². The minimum absolute atomic E-state index is 0.0847. The van der Waals surface area contributed by atoms with E-state index in [-0.39, 0.29) is 17.9 Å². The molecule has 3 heterocycles. The number of hydrogen-bond acceptors (Lipinski definition) is 4.